The maximum atomic E-state index is 14.3. The molecule has 0 saturated carbocycles. The van der Waals surface area contributed by atoms with Crippen LogP contribution in [0.2, 0.25) is 0 Å². The molecule has 2 aromatic carbocycles. The quantitative estimate of drug-likeness (QED) is 0.222. The van der Waals surface area contributed by atoms with Gasteiger partial charge < -0.3 is 18.6 Å². The van der Waals surface area contributed by atoms with E-state index >= 15 is 0 Å². The number of rotatable bonds is 7. The summed E-state index contributed by atoms with van der Waals surface area (Å²) in [6, 6.07) is 13.4. The molecule has 1 aliphatic rings. The Labute approximate surface area is 210 Å². The monoisotopic (exact) mass is 510 g/mol. The summed E-state index contributed by atoms with van der Waals surface area (Å²) >= 11 is 5.10. The molecule has 9 nitrogen and oxygen atoms in total. The van der Waals surface area contributed by atoms with Gasteiger partial charge in [-0.15, -0.1) is 0 Å². The molecule has 3 aromatic rings. The highest BCUT2D eigenvalue weighted by Gasteiger charge is 2.35. The molecule has 1 saturated heterocycles. The van der Waals surface area contributed by atoms with Crippen molar-refractivity contribution in [2.75, 3.05) is 19.1 Å². The standard InChI is InChI=1S/C25H19FN2O7S/c1-32-21-12-14(7-9-19(21)34-13-15-8-10-20(35-15)24(31)33-2)11-16-22(29)27-25(36)28(23(16)30)18-6-4-3-5-17(18)26/h3-12H,13H2,1-2H3,(H,27,29,36)/b16-11-. The Bertz CT molecular complexity index is 1400. The molecule has 1 aromatic heterocycles. The summed E-state index contributed by atoms with van der Waals surface area (Å²) in [4.78, 5) is 38.1. The van der Waals surface area contributed by atoms with Crippen molar-refractivity contribution < 1.29 is 37.4 Å². The summed E-state index contributed by atoms with van der Waals surface area (Å²) in [6.07, 6.45) is 1.34. The predicted molar refractivity (Wildman–Crippen MR) is 130 cm³/mol. The minimum atomic E-state index is -0.771. The van der Waals surface area contributed by atoms with E-state index in [1.165, 1.54) is 44.6 Å². The van der Waals surface area contributed by atoms with E-state index in [2.05, 4.69) is 10.1 Å². The fourth-order valence-electron chi connectivity index (χ4n) is 3.38. The molecule has 1 fully saturated rings. The number of hydrogen-bond acceptors (Lipinski definition) is 8. The number of anilines is 1. The average Bonchev–Trinajstić information content (AvgIpc) is 3.35. The summed E-state index contributed by atoms with van der Waals surface area (Å²) in [5.74, 6) is -1.65. The topological polar surface area (TPSA) is 107 Å². The third-order valence-electron chi connectivity index (χ3n) is 5.11. The van der Waals surface area contributed by atoms with E-state index in [4.69, 9.17) is 26.1 Å². The Morgan fingerprint density at radius 1 is 1.11 bits per heavy atom. The van der Waals surface area contributed by atoms with Crippen molar-refractivity contribution in [2.45, 2.75) is 6.61 Å². The third-order valence-corrected chi connectivity index (χ3v) is 5.40. The first-order chi connectivity index (χ1) is 17.3. The van der Waals surface area contributed by atoms with Crippen LogP contribution >= 0.6 is 12.2 Å². The number of methoxy groups -OCH3 is 2. The SMILES string of the molecule is COC(=O)c1ccc(COc2ccc(/C=C3/C(=O)NC(=S)N(c4ccccc4F)C3=O)cc2OC)o1. The maximum Gasteiger partial charge on any atom is 0.373 e. The number of esters is 1. The summed E-state index contributed by atoms with van der Waals surface area (Å²) in [5.41, 5.74) is 0.131. The molecule has 184 valence electrons. The zero-order valence-corrected chi connectivity index (χ0v) is 19.9. The highest BCUT2D eigenvalue weighted by atomic mass is 32.1. The Hall–Kier alpha value is -4.51. The van der Waals surface area contributed by atoms with Crippen LogP contribution in [0.5, 0.6) is 11.5 Å². The number of carbonyl (C=O) groups is 3. The van der Waals surface area contributed by atoms with Gasteiger partial charge in [0.25, 0.3) is 11.8 Å². The number of halogens is 1. The highest BCUT2D eigenvalue weighted by molar-refractivity contribution is 7.80. The number of para-hydroxylation sites is 1. The largest absolute Gasteiger partial charge is 0.493 e. The first-order valence-electron chi connectivity index (χ1n) is 10.5. The Morgan fingerprint density at radius 2 is 1.89 bits per heavy atom. The molecule has 0 aliphatic carbocycles. The van der Waals surface area contributed by atoms with Crippen molar-refractivity contribution in [3.63, 3.8) is 0 Å². The molecule has 36 heavy (non-hydrogen) atoms. The molecule has 2 heterocycles. The van der Waals surface area contributed by atoms with Crippen LogP contribution in [0.25, 0.3) is 6.08 Å². The minimum absolute atomic E-state index is 0.00370. The first-order valence-corrected chi connectivity index (χ1v) is 10.9. The van der Waals surface area contributed by atoms with Crippen LogP contribution in [0.15, 0.2) is 64.6 Å². The number of ether oxygens (including phenoxy) is 3. The smallest absolute Gasteiger partial charge is 0.373 e. The van der Waals surface area contributed by atoms with E-state index < -0.39 is 23.6 Å². The molecule has 2 amide bonds. The van der Waals surface area contributed by atoms with Gasteiger partial charge in [0.15, 0.2) is 16.6 Å². The van der Waals surface area contributed by atoms with Crippen LogP contribution in [0.1, 0.15) is 21.9 Å². The fourth-order valence-corrected chi connectivity index (χ4v) is 3.66. The van der Waals surface area contributed by atoms with Crippen LogP contribution in [-0.4, -0.2) is 37.1 Å². The summed E-state index contributed by atoms with van der Waals surface area (Å²) in [7, 11) is 2.68. The summed E-state index contributed by atoms with van der Waals surface area (Å²) in [5, 5.41) is 2.19. The van der Waals surface area contributed by atoms with Crippen LogP contribution in [0.4, 0.5) is 10.1 Å². The van der Waals surface area contributed by atoms with Gasteiger partial charge in [-0.05, 0) is 60.3 Å². The lowest BCUT2D eigenvalue weighted by Gasteiger charge is -2.29. The Kier molecular flexibility index (Phi) is 7.11. The van der Waals surface area contributed by atoms with Crippen molar-refractivity contribution >= 4 is 46.9 Å². The first kappa shape index (κ1) is 24.6. The second kappa shape index (κ2) is 10.4. The lowest BCUT2D eigenvalue weighted by Crippen LogP contribution is -2.54. The van der Waals surface area contributed by atoms with Crippen molar-refractivity contribution in [2.24, 2.45) is 0 Å². The van der Waals surface area contributed by atoms with E-state index in [1.807, 2.05) is 0 Å². The van der Waals surface area contributed by atoms with Crippen LogP contribution < -0.4 is 19.7 Å². The molecule has 4 rings (SSSR count). The van der Waals surface area contributed by atoms with Crippen LogP contribution in [-0.2, 0) is 20.9 Å². The number of nitrogens with zero attached hydrogens (tertiary/aromatic N) is 1. The van der Waals surface area contributed by atoms with Gasteiger partial charge in [0.05, 0.1) is 19.9 Å². The molecule has 0 spiro atoms. The highest BCUT2D eigenvalue weighted by Crippen LogP contribution is 2.31. The molecular formula is C25H19FN2O7S. The van der Waals surface area contributed by atoms with Crippen LogP contribution in [0.3, 0.4) is 0 Å². The molecule has 0 unspecified atom stereocenters. The molecule has 0 radical (unpaired) electrons. The zero-order valence-electron chi connectivity index (χ0n) is 19.1. The Morgan fingerprint density at radius 3 is 2.61 bits per heavy atom. The second-order valence-electron chi connectivity index (χ2n) is 7.37. The van der Waals surface area contributed by atoms with Gasteiger partial charge in [-0.1, -0.05) is 18.2 Å². The average molecular weight is 510 g/mol. The second-order valence-corrected chi connectivity index (χ2v) is 7.75. The maximum absolute atomic E-state index is 14.3. The summed E-state index contributed by atoms with van der Waals surface area (Å²) < 4.78 is 35.4. The van der Waals surface area contributed by atoms with Crippen molar-refractivity contribution in [3.8, 4) is 11.5 Å². The van der Waals surface area contributed by atoms with Gasteiger partial charge in [0.2, 0.25) is 5.76 Å². The number of furan rings is 1. The van der Waals surface area contributed by atoms with Gasteiger partial charge in [0.1, 0.15) is 23.8 Å². The van der Waals surface area contributed by atoms with Crippen LogP contribution in [0, 0.1) is 5.82 Å². The zero-order chi connectivity index (χ0) is 25.8. The molecule has 0 atom stereocenters. The normalized spacial score (nSPS) is 14.6. The Balaban J connectivity index is 1.56. The van der Waals surface area contributed by atoms with E-state index in [9.17, 15) is 18.8 Å². The van der Waals surface area contributed by atoms with E-state index in [1.54, 1.807) is 30.3 Å². The van der Waals surface area contributed by atoms with Crippen molar-refractivity contribution in [3.05, 3.63) is 83.1 Å². The third kappa shape index (κ3) is 4.96. The van der Waals surface area contributed by atoms with E-state index in [0.717, 1.165) is 4.90 Å². The van der Waals surface area contributed by atoms with Gasteiger partial charge in [-0.25, -0.2) is 14.1 Å². The number of nitrogens with one attached hydrogen (secondary N) is 1. The summed E-state index contributed by atoms with van der Waals surface area (Å²) in [6.45, 7) is 0.00370. The number of thiocarbonyl (C=S) groups is 1. The fraction of sp³-hybridized carbons (Fsp3) is 0.120. The number of hydrogen-bond donors (Lipinski definition) is 1. The predicted octanol–water partition coefficient (Wildman–Crippen LogP) is 3.62. The van der Waals surface area contributed by atoms with Gasteiger partial charge >= 0.3 is 5.97 Å². The number of amides is 2. The molecule has 11 heteroatoms. The minimum Gasteiger partial charge on any atom is -0.493 e. The molecular weight excluding hydrogens is 491 g/mol. The van der Waals surface area contributed by atoms with Crippen molar-refractivity contribution in [1.29, 1.82) is 0 Å². The lowest BCUT2D eigenvalue weighted by molar-refractivity contribution is -0.122. The van der Waals surface area contributed by atoms with Gasteiger partial charge in [-0.2, -0.15) is 0 Å². The molecule has 1 N–H and O–H groups in total. The molecule has 1 aliphatic heterocycles. The molecule has 0 bridgehead atoms. The van der Waals surface area contributed by atoms with E-state index in [0.29, 0.717) is 22.8 Å². The number of benzene rings is 2. The van der Waals surface area contributed by atoms with Gasteiger partial charge in [0, 0.05) is 0 Å². The van der Waals surface area contributed by atoms with E-state index in [-0.39, 0.29) is 28.7 Å². The number of carbonyl (C=O) groups excluding carboxylic acids is 3. The lowest BCUT2D eigenvalue weighted by atomic mass is 10.1. The van der Waals surface area contributed by atoms with Gasteiger partial charge in [-0.3, -0.25) is 14.9 Å². The van der Waals surface area contributed by atoms with Crippen molar-refractivity contribution in [1.82, 2.24) is 5.32 Å².